The second-order valence-corrected chi connectivity index (χ2v) is 3.49. The quantitative estimate of drug-likeness (QED) is 0.617. The third-order valence-electron chi connectivity index (χ3n) is 0.945. The molecule has 1 aromatic rings. The van der Waals surface area contributed by atoms with Crippen molar-refractivity contribution in [2.24, 2.45) is 0 Å². The van der Waals surface area contributed by atoms with Crippen LogP contribution < -0.4 is 5.73 Å². The van der Waals surface area contributed by atoms with Crippen molar-refractivity contribution >= 4 is 28.8 Å². The van der Waals surface area contributed by atoms with E-state index in [1.807, 2.05) is 6.26 Å². The normalized spacial score (nSPS) is 9.89. The minimum Gasteiger partial charge on any atom is -0.504 e. The van der Waals surface area contributed by atoms with Gasteiger partial charge in [-0.3, -0.25) is 0 Å². The maximum absolute atomic E-state index is 9.10. The second-order valence-electron chi connectivity index (χ2n) is 1.53. The van der Waals surface area contributed by atoms with Crippen LogP contribution >= 0.6 is 23.1 Å². The van der Waals surface area contributed by atoms with Crippen LogP contribution in [0.2, 0.25) is 0 Å². The van der Waals surface area contributed by atoms with Crippen molar-refractivity contribution in [2.75, 3.05) is 12.0 Å². The smallest absolute Gasteiger partial charge is 0.163 e. The van der Waals surface area contributed by atoms with Gasteiger partial charge in [0.15, 0.2) is 5.75 Å². The molecule has 0 amide bonds. The fraction of sp³-hybridized carbons (Fsp3) is 0.200. The average molecular weight is 161 g/mol. The average Bonchev–Trinajstić information content (AvgIpc) is 2.15. The van der Waals surface area contributed by atoms with E-state index in [2.05, 4.69) is 0 Å². The van der Waals surface area contributed by atoms with Gasteiger partial charge < -0.3 is 10.8 Å². The second kappa shape index (κ2) is 2.49. The lowest BCUT2D eigenvalue weighted by Gasteiger charge is -1.89. The lowest BCUT2D eigenvalue weighted by atomic mass is 10.5. The van der Waals surface area contributed by atoms with Gasteiger partial charge in [-0.25, -0.2) is 0 Å². The predicted molar refractivity (Wildman–Crippen MR) is 42.2 cm³/mol. The van der Waals surface area contributed by atoms with E-state index < -0.39 is 0 Å². The molecule has 9 heavy (non-hydrogen) atoms. The highest BCUT2D eigenvalue weighted by molar-refractivity contribution is 8.00. The molecule has 1 heterocycles. The zero-order valence-corrected chi connectivity index (χ0v) is 6.55. The molecule has 1 rings (SSSR count). The van der Waals surface area contributed by atoms with Gasteiger partial charge in [-0.15, -0.1) is 23.1 Å². The number of rotatable bonds is 1. The molecule has 0 radical (unpaired) electrons. The molecule has 0 fully saturated rings. The van der Waals surface area contributed by atoms with Crippen LogP contribution in [0.1, 0.15) is 0 Å². The van der Waals surface area contributed by atoms with Crippen molar-refractivity contribution in [3.8, 4) is 5.75 Å². The highest BCUT2D eigenvalue weighted by Gasteiger charge is 2.04. The third kappa shape index (κ3) is 1.14. The largest absolute Gasteiger partial charge is 0.504 e. The molecular formula is C5H7NOS2. The first-order chi connectivity index (χ1) is 4.25. The molecule has 0 aromatic carbocycles. The molecule has 2 nitrogen and oxygen atoms in total. The Hall–Kier alpha value is -0.350. The number of aromatic hydroxyl groups is 1. The summed E-state index contributed by atoms with van der Waals surface area (Å²) in [5.41, 5.74) is 5.84. The molecular weight excluding hydrogens is 154 g/mol. The number of nitrogens with two attached hydrogens (primary N) is 1. The van der Waals surface area contributed by atoms with Crippen LogP contribution in [0.4, 0.5) is 5.69 Å². The van der Waals surface area contributed by atoms with Crippen molar-refractivity contribution in [3.63, 3.8) is 0 Å². The number of thiophene rings is 1. The highest BCUT2D eigenvalue weighted by Crippen LogP contribution is 2.37. The molecule has 50 valence electrons. The molecule has 0 saturated carbocycles. The van der Waals surface area contributed by atoms with Crippen LogP contribution in [-0.4, -0.2) is 11.4 Å². The van der Waals surface area contributed by atoms with Crippen LogP contribution in [0.15, 0.2) is 9.59 Å². The molecule has 0 aliphatic carbocycles. The summed E-state index contributed by atoms with van der Waals surface area (Å²) in [6.07, 6.45) is 1.91. The van der Waals surface area contributed by atoms with Crippen molar-refractivity contribution < 1.29 is 5.11 Å². The Bertz CT molecular complexity index is 209. The predicted octanol–water partition coefficient (Wildman–Crippen LogP) is 1.76. The Morgan fingerprint density at radius 2 is 2.44 bits per heavy atom. The van der Waals surface area contributed by atoms with Gasteiger partial charge in [0.05, 0.1) is 5.69 Å². The Morgan fingerprint density at radius 3 is 2.67 bits per heavy atom. The van der Waals surface area contributed by atoms with Gasteiger partial charge >= 0.3 is 0 Å². The summed E-state index contributed by atoms with van der Waals surface area (Å²) in [6, 6.07) is 0. The third-order valence-corrected chi connectivity index (χ3v) is 3.08. The molecule has 0 aliphatic rings. The summed E-state index contributed by atoms with van der Waals surface area (Å²) in [5.74, 6) is 0.229. The van der Waals surface area contributed by atoms with Crippen LogP contribution in [0.25, 0.3) is 0 Å². The van der Waals surface area contributed by atoms with Crippen LogP contribution in [-0.2, 0) is 0 Å². The molecule has 0 spiro atoms. The van der Waals surface area contributed by atoms with Crippen LogP contribution in [0.3, 0.4) is 0 Å². The summed E-state index contributed by atoms with van der Waals surface area (Å²) in [6.45, 7) is 0. The van der Waals surface area contributed by atoms with E-state index in [0.29, 0.717) is 5.69 Å². The van der Waals surface area contributed by atoms with E-state index in [4.69, 9.17) is 10.8 Å². The highest BCUT2D eigenvalue weighted by atomic mass is 32.2. The Morgan fingerprint density at radius 1 is 1.78 bits per heavy atom. The van der Waals surface area contributed by atoms with Gasteiger partial charge in [-0.05, 0) is 6.26 Å². The van der Waals surface area contributed by atoms with Crippen molar-refractivity contribution in [2.45, 2.75) is 4.21 Å². The number of anilines is 1. The first-order valence-corrected chi connectivity index (χ1v) is 4.46. The van der Waals surface area contributed by atoms with Gasteiger partial charge in [0.2, 0.25) is 0 Å². The lowest BCUT2D eigenvalue weighted by molar-refractivity contribution is 0.470. The summed E-state index contributed by atoms with van der Waals surface area (Å²) < 4.78 is 0.882. The van der Waals surface area contributed by atoms with E-state index in [0.717, 1.165) is 4.21 Å². The van der Waals surface area contributed by atoms with Gasteiger partial charge in [-0.1, -0.05) is 0 Å². The fourth-order valence-corrected chi connectivity index (χ4v) is 1.91. The Labute approximate surface area is 61.7 Å². The van der Waals surface area contributed by atoms with Crippen molar-refractivity contribution in [3.05, 3.63) is 5.38 Å². The fourth-order valence-electron chi connectivity index (χ4n) is 0.491. The maximum Gasteiger partial charge on any atom is 0.163 e. The summed E-state index contributed by atoms with van der Waals surface area (Å²) in [7, 11) is 0. The van der Waals surface area contributed by atoms with Gasteiger partial charge in [0, 0.05) is 5.38 Å². The zero-order valence-electron chi connectivity index (χ0n) is 4.92. The number of hydrogen-bond donors (Lipinski definition) is 2. The molecule has 0 bridgehead atoms. The van der Waals surface area contributed by atoms with E-state index in [1.54, 1.807) is 5.38 Å². The SMILES string of the molecule is CSc1scc(N)c1O. The summed E-state index contributed by atoms with van der Waals surface area (Å²) in [4.78, 5) is 0. The van der Waals surface area contributed by atoms with Gasteiger partial charge in [0.25, 0.3) is 0 Å². The van der Waals surface area contributed by atoms with Crippen LogP contribution in [0.5, 0.6) is 5.75 Å². The molecule has 0 unspecified atom stereocenters. The number of nitrogen functional groups attached to an aromatic ring is 1. The van der Waals surface area contributed by atoms with E-state index >= 15 is 0 Å². The molecule has 1 aromatic heterocycles. The molecule has 4 heteroatoms. The Balaban J connectivity index is 3.04. The minimum atomic E-state index is 0.229. The number of hydrogen-bond acceptors (Lipinski definition) is 4. The summed E-state index contributed by atoms with van der Waals surface area (Å²) >= 11 is 2.97. The molecule has 3 N–H and O–H groups in total. The standard InChI is InChI=1S/C5H7NOS2/c1-8-5-4(7)3(6)2-9-5/h2,7H,6H2,1H3. The first kappa shape index (κ1) is 6.77. The lowest BCUT2D eigenvalue weighted by Crippen LogP contribution is -1.78. The molecule has 0 aliphatic heterocycles. The minimum absolute atomic E-state index is 0.229. The van der Waals surface area contributed by atoms with Crippen molar-refractivity contribution in [1.29, 1.82) is 0 Å². The number of thioether (sulfide) groups is 1. The maximum atomic E-state index is 9.10. The van der Waals surface area contributed by atoms with E-state index in [1.165, 1.54) is 23.1 Å². The van der Waals surface area contributed by atoms with E-state index in [9.17, 15) is 0 Å². The molecule has 0 saturated heterocycles. The summed E-state index contributed by atoms with van der Waals surface area (Å²) in [5, 5.41) is 10.8. The Kier molecular flexibility index (Phi) is 1.87. The van der Waals surface area contributed by atoms with Gasteiger partial charge in [0.1, 0.15) is 4.21 Å². The molecule has 0 atom stereocenters. The monoisotopic (exact) mass is 161 g/mol. The first-order valence-electron chi connectivity index (χ1n) is 2.35. The topological polar surface area (TPSA) is 46.2 Å². The van der Waals surface area contributed by atoms with Crippen LogP contribution in [0, 0.1) is 0 Å². The van der Waals surface area contributed by atoms with E-state index in [-0.39, 0.29) is 5.75 Å². The van der Waals surface area contributed by atoms with Gasteiger partial charge in [-0.2, -0.15) is 0 Å². The zero-order chi connectivity index (χ0) is 6.85. The van der Waals surface area contributed by atoms with Crippen molar-refractivity contribution in [1.82, 2.24) is 0 Å².